The lowest BCUT2D eigenvalue weighted by atomic mass is 10.1. The Bertz CT molecular complexity index is 900. The van der Waals surface area contributed by atoms with Crippen molar-refractivity contribution in [2.75, 3.05) is 6.54 Å². The Hall–Kier alpha value is -2.66. The lowest BCUT2D eigenvalue weighted by Gasteiger charge is -2.24. The highest BCUT2D eigenvalue weighted by molar-refractivity contribution is 5.79. The van der Waals surface area contributed by atoms with E-state index in [2.05, 4.69) is 56.6 Å². The monoisotopic (exact) mass is 348 g/mol. The number of likely N-dealkylation sites (tertiary alicyclic amines) is 1. The largest absolute Gasteiger partial charge is 0.361 e. The minimum absolute atomic E-state index is 0.0184. The smallest absolute Gasteiger partial charge is 0.217 e. The van der Waals surface area contributed by atoms with Crippen molar-refractivity contribution in [3.63, 3.8) is 0 Å². The van der Waals surface area contributed by atoms with Gasteiger partial charge in [-0.3, -0.25) is 14.7 Å². The van der Waals surface area contributed by atoms with E-state index in [4.69, 9.17) is 0 Å². The van der Waals surface area contributed by atoms with Gasteiger partial charge in [-0.05, 0) is 54.1 Å². The van der Waals surface area contributed by atoms with Crippen LogP contribution in [0.3, 0.4) is 0 Å². The number of aromatic amines is 1. The highest BCUT2D eigenvalue weighted by Gasteiger charge is 2.27. The molecule has 1 amide bonds. The molecule has 4 rings (SSSR count). The van der Waals surface area contributed by atoms with E-state index in [-0.39, 0.29) is 5.91 Å². The Balaban J connectivity index is 1.46. The fourth-order valence-corrected chi connectivity index (χ4v) is 3.74. The van der Waals surface area contributed by atoms with E-state index in [1.165, 1.54) is 29.8 Å². The third-order valence-corrected chi connectivity index (χ3v) is 5.10. The van der Waals surface area contributed by atoms with E-state index in [0.717, 1.165) is 30.8 Å². The zero-order valence-corrected chi connectivity index (χ0v) is 15.0. The maximum atomic E-state index is 11.0. The van der Waals surface area contributed by atoms with Gasteiger partial charge in [0.2, 0.25) is 5.91 Å². The molecule has 3 heterocycles. The second-order valence-electron chi connectivity index (χ2n) is 7.03. The number of hydrogen-bond donors (Lipinski definition) is 2. The van der Waals surface area contributed by atoms with E-state index >= 15 is 0 Å². The number of nitrogens with zero attached hydrogens (tertiary/aromatic N) is 2. The molecule has 1 aromatic carbocycles. The normalized spacial score (nSPS) is 17.7. The topological polar surface area (TPSA) is 61.0 Å². The summed E-state index contributed by atoms with van der Waals surface area (Å²) < 4.78 is 0. The maximum Gasteiger partial charge on any atom is 0.217 e. The molecule has 2 N–H and O–H groups in total. The van der Waals surface area contributed by atoms with Crippen LogP contribution in [0.5, 0.6) is 0 Å². The molecule has 0 saturated carbocycles. The summed E-state index contributed by atoms with van der Waals surface area (Å²) in [6, 6.07) is 13.3. The number of carbonyl (C=O) groups excluding carboxylic acids is 1. The van der Waals surface area contributed by atoms with Crippen LogP contribution < -0.4 is 5.32 Å². The van der Waals surface area contributed by atoms with E-state index < -0.39 is 0 Å². The van der Waals surface area contributed by atoms with Crippen LogP contribution in [-0.4, -0.2) is 27.3 Å². The summed E-state index contributed by atoms with van der Waals surface area (Å²) >= 11 is 0. The van der Waals surface area contributed by atoms with Gasteiger partial charge in [0.25, 0.3) is 0 Å². The number of hydrogen-bond acceptors (Lipinski definition) is 3. The number of pyridine rings is 1. The lowest BCUT2D eigenvalue weighted by molar-refractivity contribution is -0.119. The predicted molar refractivity (Wildman–Crippen MR) is 102 cm³/mol. The molecule has 1 fully saturated rings. The first-order valence-electron chi connectivity index (χ1n) is 9.18. The maximum absolute atomic E-state index is 11.0. The minimum Gasteiger partial charge on any atom is -0.361 e. The molecule has 134 valence electrons. The zero-order valence-electron chi connectivity index (χ0n) is 15.0. The molecule has 2 aromatic heterocycles. The van der Waals surface area contributed by atoms with Crippen LogP contribution in [0.15, 0.2) is 48.8 Å². The van der Waals surface area contributed by atoms with Crippen LogP contribution in [0, 0.1) is 0 Å². The first-order chi connectivity index (χ1) is 12.7. The molecule has 26 heavy (non-hydrogen) atoms. The van der Waals surface area contributed by atoms with Gasteiger partial charge >= 0.3 is 0 Å². The van der Waals surface area contributed by atoms with E-state index in [0.29, 0.717) is 12.6 Å². The van der Waals surface area contributed by atoms with Gasteiger partial charge in [0.15, 0.2) is 0 Å². The molecule has 0 radical (unpaired) electrons. The highest BCUT2D eigenvalue weighted by atomic mass is 16.1. The fourth-order valence-electron chi connectivity index (χ4n) is 3.74. The first-order valence-corrected chi connectivity index (χ1v) is 9.18. The summed E-state index contributed by atoms with van der Waals surface area (Å²) in [7, 11) is 0. The third-order valence-electron chi connectivity index (χ3n) is 5.10. The SMILES string of the molecule is CC(=O)NCc1ccc(C2CCCN2Cc2ccc3cc[nH]c3c2)nc1. The molecule has 1 saturated heterocycles. The summed E-state index contributed by atoms with van der Waals surface area (Å²) in [6.45, 7) is 4.10. The fraction of sp³-hybridized carbons (Fsp3) is 0.333. The molecule has 1 aliphatic rings. The van der Waals surface area contributed by atoms with Gasteiger partial charge in [-0.25, -0.2) is 0 Å². The molecule has 3 aromatic rings. The Kier molecular flexibility index (Phi) is 4.71. The van der Waals surface area contributed by atoms with E-state index in [9.17, 15) is 4.79 Å². The van der Waals surface area contributed by atoms with Crippen LogP contribution in [0.1, 0.15) is 42.6 Å². The molecular formula is C21H24N4O. The molecule has 5 heteroatoms. The standard InChI is InChI=1S/C21H24N4O/c1-15(26)23-12-17-5-7-19(24-13-17)21-3-2-10-25(21)14-16-4-6-18-8-9-22-20(18)11-16/h4-9,11,13,21-22H,2-3,10,12,14H2,1H3,(H,23,26). The molecule has 1 unspecified atom stereocenters. The number of amides is 1. The average molecular weight is 348 g/mol. The van der Waals surface area contributed by atoms with Gasteiger partial charge in [0.1, 0.15) is 0 Å². The van der Waals surface area contributed by atoms with E-state index in [1.807, 2.05) is 12.4 Å². The first kappa shape index (κ1) is 16.8. The summed E-state index contributed by atoms with van der Waals surface area (Å²) in [5.41, 5.74) is 4.67. The summed E-state index contributed by atoms with van der Waals surface area (Å²) in [4.78, 5) is 21.5. The van der Waals surface area contributed by atoms with Crippen LogP contribution in [0.4, 0.5) is 0 Å². The van der Waals surface area contributed by atoms with Gasteiger partial charge in [0, 0.05) is 37.9 Å². The number of rotatable bonds is 5. The van der Waals surface area contributed by atoms with Gasteiger partial charge in [-0.2, -0.15) is 0 Å². The van der Waals surface area contributed by atoms with Crippen molar-refractivity contribution in [1.82, 2.24) is 20.2 Å². The highest BCUT2D eigenvalue weighted by Crippen LogP contribution is 2.32. The quantitative estimate of drug-likeness (QED) is 0.741. The molecule has 1 atom stereocenters. The Morgan fingerprint density at radius 2 is 2.15 bits per heavy atom. The predicted octanol–water partition coefficient (Wildman–Crippen LogP) is 3.54. The number of carbonyl (C=O) groups is 1. The summed E-state index contributed by atoms with van der Waals surface area (Å²) in [5.74, 6) is -0.0184. The lowest BCUT2D eigenvalue weighted by Crippen LogP contribution is -2.23. The van der Waals surface area contributed by atoms with Crippen molar-refractivity contribution in [2.45, 2.75) is 38.9 Å². The number of fused-ring (bicyclic) bond motifs is 1. The van der Waals surface area contributed by atoms with Crippen LogP contribution >= 0.6 is 0 Å². The Morgan fingerprint density at radius 3 is 2.96 bits per heavy atom. The van der Waals surface area contributed by atoms with Crippen molar-refractivity contribution < 1.29 is 4.79 Å². The van der Waals surface area contributed by atoms with Crippen LogP contribution in [0.25, 0.3) is 10.9 Å². The minimum atomic E-state index is -0.0184. The van der Waals surface area contributed by atoms with Crippen LogP contribution in [-0.2, 0) is 17.9 Å². The van der Waals surface area contributed by atoms with Crippen molar-refractivity contribution in [3.8, 4) is 0 Å². The Morgan fingerprint density at radius 1 is 1.27 bits per heavy atom. The van der Waals surface area contributed by atoms with Gasteiger partial charge in [0.05, 0.1) is 11.7 Å². The number of H-pyrrole nitrogens is 1. The van der Waals surface area contributed by atoms with E-state index in [1.54, 1.807) is 0 Å². The summed E-state index contributed by atoms with van der Waals surface area (Å²) in [6.07, 6.45) is 6.21. The van der Waals surface area contributed by atoms with Gasteiger partial charge < -0.3 is 10.3 Å². The van der Waals surface area contributed by atoms with Crippen LogP contribution in [0.2, 0.25) is 0 Å². The summed E-state index contributed by atoms with van der Waals surface area (Å²) in [5, 5.41) is 4.07. The average Bonchev–Trinajstić information content (AvgIpc) is 3.29. The number of nitrogens with one attached hydrogen (secondary N) is 2. The molecule has 0 spiro atoms. The number of aromatic nitrogens is 2. The molecule has 1 aliphatic heterocycles. The second-order valence-corrected chi connectivity index (χ2v) is 7.03. The molecule has 5 nitrogen and oxygen atoms in total. The molecule has 0 bridgehead atoms. The van der Waals surface area contributed by atoms with Gasteiger partial charge in [-0.15, -0.1) is 0 Å². The molecule has 0 aliphatic carbocycles. The van der Waals surface area contributed by atoms with Crippen molar-refractivity contribution in [3.05, 3.63) is 65.6 Å². The number of benzene rings is 1. The van der Waals surface area contributed by atoms with Gasteiger partial charge in [-0.1, -0.05) is 18.2 Å². The second kappa shape index (κ2) is 7.30. The zero-order chi connectivity index (χ0) is 17.9. The third kappa shape index (κ3) is 3.63. The van der Waals surface area contributed by atoms with Crippen molar-refractivity contribution in [1.29, 1.82) is 0 Å². The van der Waals surface area contributed by atoms with Crippen molar-refractivity contribution >= 4 is 16.8 Å². The molecular weight excluding hydrogens is 324 g/mol. The Labute approximate surface area is 153 Å². The van der Waals surface area contributed by atoms with Crippen molar-refractivity contribution in [2.24, 2.45) is 0 Å².